The van der Waals surface area contributed by atoms with E-state index in [0.29, 0.717) is 4.99 Å². The van der Waals surface area contributed by atoms with Crippen molar-refractivity contribution in [2.45, 2.75) is 26.9 Å². The van der Waals surface area contributed by atoms with E-state index in [0.717, 1.165) is 28.5 Å². The lowest BCUT2D eigenvalue weighted by Crippen LogP contribution is -2.13. The van der Waals surface area contributed by atoms with Gasteiger partial charge in [0.2, 0.25) is 0 Å². The highest BCUT2D eigenvalue weighted by atomic mass is 32.1. The molecule has 0 fully saturated rings. The molecule has 0 saturated carbocycles. The van der Waals surface area contributed by atoms with Crippen molar-refractivity contribution in [2.24, 2.45) is 12.8 Å². The summed E-state index contributed by atoms with van der Waals surface area (Å²) in [6, 6.07) is 7.74. The quantitative estimate of drug-likeness (QED) is 0.832. The Morgan fingerprint density at radius 1 is 1.33 bits per heavy atom. The Morgan fingerprint density at radius 2 is 1.95 bits per heavy atom. The first kappa shape index (κ1) is 15.3. The molecule has 0 radical (unpaired) electrons. The van der Waals surface area contributed by atoms with Gasteiger partial charge < -0.3 is 15.8 Å². The highest BCUT2D eigenvalue weighted by molar-refractivity contribution is 7.80. The van der Waals surface area contributed by atoms with Gasteiger partial charge in [0.15, 0.2) is 0 Å². The Hall–Kier alpha value is -2.08. The lowest BCUT2D eigenvalue weighted by atomic mass is 10.2. The van der Waals surface area contributed by atoms with Crippen LogP contribution in [0.1, 0.15) is 25.1 Å². The van der Waals surface area contributed by atoms with Crippen molar-refractivity contribution in [1.82, 2.24) is 9.78 Å². The maximum absolute atomic E-state index is 5.78. The molecule has 0 amide bonds. The van der Waals surface area contributed by atoms with Crippen LogP contribution in [0.15, 0.2) is 24.3 Å². The fraction of sp³-hybridized carbons (Fsp3) is 0.333. The van der Waals surface area contributed by atoms with Crippen molar-refractivity contribution >= 4 is 28.7 Å². The van der Waals surface area contributed by atoms with Crippen LogP contribution in [-0.4, -0.2) is 20.9 Å². The van der Waals surface area contributed by atoms with Crippen LogP contribution in [0.3, 0.4) is 0 Å². The van der Waals surface area contributed by atoms with E-state index in [4.69, 9.17) is 22.7 Å². The Kier molecular flexibility index (Phi) is 4.47. The Morgan fingerprint density at radius 3 is 2.48 bits per heavy atom. The minimum atomic E-state index is 0.157. The SMILES string of the molecule is Cc1nn(C)c(Nc2ccc(OC(C)C)cc2)c1C(N)=S. The van der Waals surface area contributed by atoms with Crippen molar-refractivity contribution in [3.05, 3.63) is 35.5 Å². The summed E-state index contributed by atoms with van der Waals surface area (Å²) in [5.41, 5.74) is 8.29. The molecular formula is C15H20N4OS. The molecule has 112 valence electrons. The molecule has 0 aliphatic heterocycles. The number of rotatable bonds is 5. The zero-order chi connectivity index (χ0) is 15.6. The van der Waals surface area contributed by atoms with Crippen LogP contribution in [-0.2, 0) is 7.05 Å². The number of hydrogen-bond acceptors (Lipinski definition) is 4. The summed E-state index contributed by atoms with van der Waals surface area (Å²) in [6.07, 6.45) is 0.157. The van der Waals surface area contributed by atoms with Crippen molar-refractivity contribution in [1.29, 1.82) is 0 Å². The molecule has 0 saturated heterocycles. The number of nitrogens with zero attached hydrogens (tertiary/aromatic N) is 2. The van der Waals surface area contributed by atoms with Gasteiger partial charge in [0.1, 0.15) is 16.6 Å². The molecule has 0 spiro atoms. The second kappa shape index (κ2) is 6.13. The number of nitrogens with two attached hydrogens (primary N) is 1. The zero-order valence-electron chi connectivity index (χ0n) is 12.7. The highest BCUT2D eigenvalue weighted by Gasteiger charge is 2.15. The standard InChI is InChI=1S/C15H20N4OS/c1-9(2)20-12-7-5-11(6-8-12)17-15-13(14(16)21)10(3)18-19(15)4/h5-9,17H,1-4H3,(H2,16,21). The molecule has 1 heterocycles. The van der Waals surface area contributed by atoms with Crippen LogP contribution in [0, 0.1) is 6.92 Å². The summed E-state index contributed by atoms with van der Waals surface area (Å²) in [6.45, 7) is 5.89. The molecule has 0 bridgehead atoms. The van der Waals surface area contributed by atoms with E-state index in [1.165, 1.54) is 0 Å². The van der Waals surface area contributed by atoms with Crippen LogP contribution >= 0.6 is 12.2 Å². The normalized spacial score (nSPS) is 10.7. The molecule has 21 heavy (non-hydrogen) atoms. The van der Waals surface area contributed by atoms with Gasteiger partial charge in [0, 0.05) is 12.7 Å². The van der Waals surface area contributed by atoms with Crippen LogP contribution < -0.4 is 15.8 Å². The van der Waals surface area contributed by atoms with Gasteiger partial charge in [-0.2, -0.15) is 5.10 Å². The molecule has 0 aliphatic rings. The topological polar surface area (TPSA) is 65.1 Å². The molecule has 0 aliphatic carbocycles. The first-order chi connectivity index (χ1) is 9.88. The summed E-state index contributed by atoms with van der Waals surface area (Å²) in [5, 5.41) is 7.65. The average molecular weight is 304 g/mol. The second-order valence-corrected chi connectivity index (χ2v) is 5.55. The Balaban J connectivity index is 2.24. The van der Waals surface area contributed by atoms with Gasteiger partial charge in [-0.1, -0.05) is 12.2 Å². The lowest BCUT2D eigenvalue weighted by molar-refractivity contribution is 0.242. The second-order valence-electron chi connectivity index (χ2n) is 5.11. The third kappa shape index (κ3) is 3.52. The van der Waals surface area contributed by atoms with Gasteiger partial charge in [-0.3, -0.25) is 4.68 Å². The number of ether oxygens (including phenoxy) is 1. The first-order valence-electron chi connectivity index (χ1n) is 6.75. The molecule has 2 aromatic rings. The van der Waals surface area contributed by atoms with Gasteiger partial charge in [-0.25, -0.2) is 0 Å². The molecule has 2 rings (SSSR count). The molecule has 6 heteroatoms. The van der Waals surface area contributed by atoms with E-state index in [1.54, 1.807) is 4.68 Å². The summed E-state index contributed by atoms with van der Waals surface area (Å²) in [7, 11) is 1.85. The minimum absolute atomic E-state index is 0.157. The number of aromatic nitrogens is 2. The largest absolute Gasteiger partial charge is 0.491 e. The summed E-state index contributed by atoms with van der Waals surface area (Å²) in [5.74, 6) is 1.63. The predicted molar refractivity (Wildman–Crippen MR) is 89.3 cm³/mol. The van der Waals surface area contributed by atoms with E-state index in [-0.39, 0.29) is 6.10 Å². The van der Waals surface area contributed by atoms with Crippen molar-refractivity contribution in [3.8, 4) is 5.75 Å². The van der Waals surface area contributed by atoms with Crippen LogP contribution in [0.5, 0.6) is 5.75 Å². The maximum Gasteiger partial charge on any atom is 0.138 e. The minimum Gasteiger partial charge on any atom is -0.491 e. The van der Waals surface area contributed by atoms with Crippen LogP contribution in [0.4, 0.5) is 11.5 Å². The Labute approximate surface area is 130 Å². The van der Waals surface area contributed by atoms with E-state index in [9.17, 15) is 0 Å². The Bertz CT molecular complexity index is 646. The van der Waals surface area contributed by atoms with Crippen molar-refractivity contribution in [3.63, 3.8) is 0 Å². The molecular weight excluding hydrogens is 284 g/mol. The van der Waals surface area contributed by atoms with E-state index in [2.05, 4.69) is 10.4 Å². The summed E-state index contributed by atoms with van der Waals surface area (Å²) >= 11 is 5.10. The lowest BCUT2D eigenvalue weighted by Gasteiger charge is -2.12. The summed E-state index contributed by atoms with van der Waals surface area (Å²) in [4.78, 5) is 0.336. The molecule has 3 N–H and O–H groups in total. The molecule has 1 aromatic heterocycles. The monoisotopic (exact) mass is 304 g/mol. The van der Waals surface area contributed by atoms with Gasteiger partial charge in [0.05, 0.1) is 17.4 Å². The molecule has 5 nitrogen and oxygen atoms in total. The third-order valence-electron chi connectivity index (χ3n) is 2.96. The van der Waals surface area contributed by atoms with Gasteiger partial charge >= 0.3 is 0 Å². The average Bonchev–Trinajstić information content (AvgIpc) is 2.66. The number of hydrogen-bond donors (Lipinski definition) is 2. The fourth-order valence-electron chi connectivity index (χ4n) is 2.12. The van der Waals surface area contributed by atoms with Crippen LogP contribution in [0.25, 0.3) is 0 Å². The van der Waals surface area contributed by atoms with Crippen molar-refractivity contribution in [2.75, 3.05) is 5.32 Å². The number of anilines is 2. The zero-order valence-corrected chi connectivity index (χ0v) is 13.5. The smallest absolute Gasteiger partial charge is 0.138 e. The highest BCUT2D eigenvalue weighted by Crippen LogP contribution is 2.24. The predicted octanol–water partition coefficient (Wildman–Crippen LogP) is 2.89. The van der Waals surface area contributed by atoms with E-state index in [1.807, 2.05) is 52.1 Å². The van der Waals surface area contributed by atoms with Crippen LogP contribution in [0.2, 0.25) is 0 Å². The first-order valence-corrected chi connectivity index (χ1v) is 7.16. The van der Waals surface area contributed by atoms with Gasteiger partial charge in [0.25, 0.3) is 0 Å². The van der Waals surface area contributed by atoms with Gasteiger partial charge in [-0.05, 0) is 45.0 Å². The van der Waals surface area contributed by atoms with E-state index < -0.39 is 0 Å². The number of benzene rings is 1. The number of aryl methyl sites for hydroxylation is 2. The molecule has 0 atom stereocenters. The van der Waals surface area contributed by atoms with Crippen molar-refractivity contribution < 1.29 is 4.74 Å². The fourth-order valence-corrected chi connectivity index (χ4v) is 2.37. The molecule has 0 unspecified atom stereocenters. The van der Waals surface area contributed by atoms with E-state index >= 15 is 0 Å². The summed E-state index contributed by atoms with van der Waals surface area (Å²) < 4.78 is 7.36. The number of thiocarbonyl (C=S) groups is 1. The third-order valence-corrected chi connectivity index (χ3v) is 3.16. The maximum atomic E-state index is 5.78. The van der Waals surface area contributed by atoms with Gasteiger partial charge in [-0.15, -0.1) is 0 Å². The number of nitrogens with one attached hydrogen (secondary N) is 1. The molecule has 1 aromatic carbocycles.